The highest BCUT2D eigenvalue weighted by molar-refractivity contribution is 6.02. The first-order valence-corrected chi connectivity index (χ1v) is 10.4. The number of carbonyl (C=O) groups excluding carboxylic acids is 1. The number of amides is 2. The molecule has 4 N–H and O–H groups in total. The Kier molecular flexibility index (Phi) is 4.76. The number of nitrogens with one attached hydrogen (secondary N) is 2. The summed E-state index contributed by atoms with van der Waals surface area (Å²) in [5.74, 6) is -0.388. The Bertz CT molecular complexity index is 1370. The lowest BCUT2D eigenvalue weighted by molar-refractivity contribution is 0.205. The summed E-state index contributed by atoms with van der Waals surface area (Å²) in [5.41, 5.74) is 6.37. The third-order valence-corrected chi connectivity index (χ3v) is 5.46. The van der Waals surface area contributed by atoms with Gasteiger partial charge in [-0.05, 0) is 44.4 Å². The Balaban J connectivity index is 1.38. The Morgan fingerprint density at radius 2 is 2.03 bits per heavy atom. The number of nitrogens with zero attached hydrogens (tertiary/aromatic N) is 4. The summed E-state index contributed by atoms with van der Waals surface area (Å²) in [5, 5.41) is 9.01. The van der Waals surface area contributed by atoms with Crippen LogP contribution in [0.15, 0.2) is 41.3 Å². The lowest BCUT2D eigenvalue weighted by atomic mass is 10.1. The molecule has 3 heterocycles. The van der Waals surface area contributed by atoms with Crippen molar-refractivity contribution in [3.8, 4) is 11.1 Å². The number of hydrogen-bond donors (Lipinski definition) is 3. The van der Waals surface area contributed by atoms with Crippen LogP contribution in [0.5, 0.6) is 0 Å². The van der Waals surface area contributed by atoms with E-state index in [2.05, 4.69) is 25.8 Å². The van der Waals surface area contributed by atoms with Crippen molar-refractivity contribution < 1.29 is 18.1 Å². The Morgan fingerprint density at radius 1 is 1.24 bits per heavy atom. The zero-order valence-corrected chi connectivity index (χ0v) is 17.9. The van der Waals surface area contributed by atoms with Gasteiger partial charge in [0.15, 0.2) is 5.67 Å². The van der Waals surface area contributed by atoms with E-state index < -0.39 is 17.5 Å². The monoisotopic (exact) mass is 453 g/mol. The van der Waals surface area contributed by atoms with Gasteiger partial charge in [0, 0.05) is 23.9 Å². The molecule has 0 atom stereocenters. The van der Waals surface area contributed by atoms with Crippen LogP contribution in [0.3, 0.4) is 0 Å². The average Bonchev–Trinajstić information content (AvgIpc) is 3.34. The normalized spacial score (nSPS) is 13.9. The van der Waals surface area contributed by atoms with Crippen LogP contribution in [0.1, 0.15) is 38.4 Å². The first kappa shape index (κ1) is 20.9. The molecule has 4 aromatic rings. The fourth-order valence-corrected chi connectivity index (χ4v) is 3.62. The third-order valence-electron chi connectivity index (χ3n) is 5.46. The van der Waals surface area contributed by atoms with Gasteiger partial charge in [-0.2, -0.15) is 0 Å². The number of nitrogens with two attached hydrogens (primary N) is 1. The first-order valence-electron chi connectivity index (χ1n) is 10.4. The van der Waals surface area contributed by atoms with Crippen LogP contribution >= 0.6 is 0 Å². The summed E-state index contributed by atoms with van der Waals surface area (Å²) in [4.78, 5) is 20.7. The molecule has 0 radical (unpaired) electrons. The molecule has 1 aliphatic rings. The summed E-state index contributed by atoms with van der Waals surface area (Å²) < 4.78 is 35.7. The van der Waals surface area contributed by atoms with E-state index >= 15 is 0 Å². The second-order valence-corrected chi connectivity index (χ2v) is 8.46. The number of benzene rings is 1. The van der Waals surface area contributed by atoms with Crippen molar-refractivity contribution in [3.05, 3.63) is 48.3 Å². The van der Waals surface area contributed by atoms with Crippen LogP contribution in [0.2, 0.25) is 0 Å². The van der Waals surface area contributed by atoms with Gasteiger partial charge < -0.3 is 20.1 Å². The molecule has 0 aliphatic heterocycles. The molecule has 11 heteroatoms. The van der Waals surface area contributed by atoms with Crippen LogP contribution in [-0.4, -0.2) is 25.7 Å². The minimum atomic E-state index is -1.72. The number of aromatic nitrogens is 4. The summed E-state index contributed by atoms with van der Waals surface area (Å²) in [7, 11) is 0. The molecule has 3 aromatic heterocycles. The molecule has 0 unspecified atom stereocenters. The summed E-state index contributed by atoms with van der Waals surface area (Å²) in [6.45, 7) is 2.63. The van der Waals surface area contributed by atoms with Crippen LogP contribution in [0, 0.1) is 5.82 Å². The van der Waals surface area contributed by atoms with Crippen molar-refractivity contribution >= 4 is 34.5 Å². The molecule has 0 spiro atoms. The van der Waals surface area contributed by atoms with Crippen LogP contribution in [0.25, 0.3) is 22.2 Å². The largest absolute Gasteiger partial charge is 0.383 e. The summed E-state index contributed by atoms with van der Waals surface area (Å²) >= 11 is 0. The van der Waals surface area contributed by atoms with Gasteiger partial charge in [-0.1, -0.05) is 11.2 Å². The molecule has 0 bridgehead atoms. The topological polar surface area (TPSA) is 124 Å². The number of carbonyl (C=O) groups is 1. The maximum absolute atomic E-state index is 14.9. The van der Waals surface area contributed by atoms with Gasteiger partial charge in [0.1, 0.15) is 29.3 Å². The number of halogens is 2. The van der Waals surface area contributed by atoms with Crippen molar-refractivity contribution in [2.24, 2.45) is 0 Å². The van der Waals surface area contributed by atoms with Gasteiger partial charge in [-0.25, -0.2) is 23.5 Å². The molecule has 1 fully saturated rings. The van der Waals surface area contributed by atoms with Gasteiger partial charge >= 0.3 is 6.03 Å². The van der Waals surface area contributed by atoms with Gasteiger partial charge in [0.25, 0.3) is 0 Å². The van der Waals surface area contributed by atoms with Crippen molar-refractivity contribution in [2.75, 3.05) is 16.4 Å². The van der Waals surface area contributed by atoms with E-state index in [4.69, 9.17) is 10.3 Å². The SMILES string of the molecule is CC(C)(F)c1cc(NC(=O)Nc2ccc(-c3cn(C4CC4)c4ncnc(N)c34)cc2F)on1. The summed E-state index contributed by atoms with van der Waals surface area (Å²) in [6, 6.07) is 5.29. The molecule has 1 saturated carbocycles. The number of anilines is 3. The zero-order valence-electron chi connectivity index (χ0n) is 17.9. The second-order valence-electron chi connectivity index (χ2n) is 8.46. The molecule has 2 amide bonds. The molecule has 9 nitrogen and oxygen atoms in total. The van der Waals surface area contributed by atoms with Crippen LogP contribution in [0.4, 0.5) is 31.0 Å². The Labute approximate surface area is 187 Å². The van der Waals surface area contributed by atoms with Crippen molar-refractivity contribution in [2.45, 2.75) is 38.4 Å². The molecule has 1 aromatic carbocycles. The van der Waals surface area contributed by atoms with Crippen LogP contribution < -0.4 is 16.4 Å². The van der Waals surface area contributed by atoms with Crippen molar-refractivity contribution in [1.29, 1.82) is 0 Å². The Hall–Kier alpha value is -4.02. The molecule has 5 rings (SSSR count). The molecule has 170 valence electrons. The van der Waals surface area contributed by atoms with Crippen molar-refractivity contribution in [3.63, 3.8) is 0 Å². The molecule has 33 heavy (non-hydrogen) atoms. The van der Waals surface area contributed by atoms with E-state index in [0.717, 1.165) is 12.8 Å². The highest BCUT2D eigenvalue weighted by Crippen LogP contribution is 2.42. The molecule has 1 aliphatic carbocycles. The highest BCUT2D eigenvalue weighted by atomic mass is 19.1. The summed E-state index contributed by atoms with van der Waals surface area (Å²) in [6.07, 6.45) is 5.43. The van der Waals surface area contributed by atoms with E-state index in [-0.39, 0.29) is 17.3 Å². The van der Waals surface area contributed by atoms with Gasteiger partial charge in [-0.15, -0.1) is 0 Å². The number of hydrogen-bond acceptors (Lipinski definition) is 6. The number of urea groups is 1. The fraction of sp³-hybridized carbons (Fsp3) is 0.273. The quantitative estimate of drug-likeness (QED) is 0.391. The highest BCUT2D eigenvalue weighted by Gasteiger charge is 2.28. The van der Waals surface area contributed by atoms with Gasteiger partial charge in [0.2, 0.25) is 5.88 Å². The zero-order chi connectivity index (χ0) is 23.3. The minimum absolute atomic E-state index is 0.0296. The van der Waals surface area contributed by atoms with Gasteiger partial charge in [-0.3, -0.25) is 5.32 Å². The van der Waals surface area contributed by atoms with Gasteiger partial charge in [0.05, 0.1) is 11.1 Å². The maximum Gasteiger partial charge on any atom is 0.326 e. The second kappa shape index (κ2) is 7.54. The number of rotatable bonds is 5. The van der Waals surface area contributed by atoms with E-state index in [0.29, 0.717) is 34.0 Å². The average molecular weight is 453 g/mol. The maximum atomic E-state index is 14.9. The third kappa shape index (κ3) is 3.97. The minimum Gasteiger partial charge on any atom is -0.383 e. The predicted molar refractivity (Wildman–Crippen MR) is 119 cm³/mol. The van der Waals surface area contributed by atoms with E-state index in [1.165, 1.54) is 38.4 Å². The molecule has 0 saturated heterocycles. The standard InChI is InChI=1S/C22H21F2N7O2/c1-22(2,24)16-8-17(33-30-16)29-21(32)28-15-6-3-11(7-14(15)23)13-9-31(12-4-5-12)20-18(13)19(25)26-10-27-20/h3,6-10,12H,4-5H2,1-2H3,(H2,25,26,27)(H2,28,29,32). The number of alkyl halides is 1. The fourth-order valence-electron chi connectivity index (χ4n) is 3.62. The lowest BCUT2D eigenvalue weighted by Crippen LogP contribution is -2.19. The number of nitrogen functional groups attached to an aromatic ring is 1. The molecular formula is C22H21F2N7O2. The lowest BCUT2D eigenvalue weighted by Gasteiger charge is -2.09. The smallest absolute Gasteiger partial charge is 0.326 e. The molecular weight excluding hydrogens is 432 g/mol. The van der Waals surface area contributed by atoms with E-state index in [9.17, 15) is 13.6 Å². The van der Waals surface area contributed by atoms with Crippen molar-refractivity contribution in [1.82, 2.24) is 19.7 Å². The van der Waals surface area contributed by atoms with Crippen LogP contribution in [-0.2, 0) is 5.67 Å². The predicted octanol–water partition coefficient (Wildman–Crippen LogP) is 4.99. The van der Waals surface area contributed by atoms with E-state index in [1.54, 1.807) is 6.07 Å². The van der Waals surface area contributed by atoms with E-state index in [1.807, 2.05) is 10.8 Å². The Morgan fingerprint density at radius 3 is 2.70 bits per heavy atom. The number of fused-ring (bicyclic) bond motifs is 1. The first-order chi connectivity index (χ1) is 15.7.